The van der Waals surface area contributed by atoms with Crippen LogP contribution in [0.5, 0.6) is 0 Å². The number of nitrogens with one attached hydrogen (secondary N) is 5. The summed E-state index contributed by atoms with van der Waals surface area (Å²) in [7, 11) is 0. The normalized spacial score (nSPS) is 14.6. The number of aromatic nitrogens is 2. The van der Waals surface area contributed by atoms with E-state index in [1.807, 2.05) is 6.07 Å². The van der Waals surface area contributed by atoms with E-state index in [9.17, 15) is 19.8 Å². The molecular formula is C24H16ClF3N8. The molecule has 2 aromatic carbocycles. The molecule has 0 saturated carbocycles. The van der Waals surface area contributed by atoms with Crippen LogP contribution in [-0.4, -0.2) is 9.97 Å². The predicted octanol–water partition coefficient (Wildman–Crippen LogP) is 4.92. The van der Waals surface area contributed by atoms with Crippen LogP contribution in [-0.2, 0) is 0 Å². The third-order valence-electron chi connectivity index (χ3n) is 5.27. The molecule has 0 radical (unpaired) electrons. The summed E-state index contributed by atoms with van der Waals surface area (Å²) in [5, 5.41) is 16.2. The van der Waals surface area contributed by atoms with E-state index < -0.39 is 23.6 Å². The molecule has 2 aromatic heterocycles. The van der Waals surface area contributed by atoms with Gasteiger partial charge in [-0.25, -0.2) is 13.8 Å². The van der Waals surface area contributed by atoms with Crippen LogP contribution in [0.3, 0.4) is 0 Å². The van der Waals surface area contributed by atoms with E-state index in [1.54, 1.807) is 12.1 Å². The van der Waals surface area contributed by atoms with Crippen LogP contribution in [0.1, 0.15) is 18.5 Å². The minimum Gasteiger partial charge on any atom is -0.373 e. The number of hydrogen-bond donors (Lipinski definition) is 5. The molecular weight excluding hydrogens is 493 g/mol. The zero-order chi connectivity index (χ0) is 26.2. The summed E-state index contributed by atoms with van der Waals surface area (Å²) in [6.45, 7) is 0. The second kappa shape index (κ2) is 9.61. The summed E-state index contributed by atoms with van der Waals surface area (Å²) < 4.78 is 50.0. The van der Waals surface area contributed by atoms with Gasteiger partial charge in [0.1, 0.15) is 11.9 Å². The number of nitriles is 1. The monoisotopic (exact) mass is 509 g/mol. The van der Waals surface area contributed by atoms with Crippen molar-refractivity contribution in [2.45, 2.75) is 6.02 Å². The Kier molecular flexibility index (Phi) is 5.87. The molecule has 0 fully saturated rings. The maximum absolute atomic E-state index is 13.8. The number of pyridine rings is 2. The molecule has 1 atom stereocenters. The Morgan fingerprint density at radius 3 is 2.56 bits per heavy atom. The molecule has 5 N–H and O–H groups in total. The van der Waals surface area contributed by atoms with Crippen LogP contribution < -0.4 is 27.0 Å². The highest BCUT2D eigenvalue weighted by Gasteiger charge is 2.21. The number of nitrogens with zero attached hydrogens (tertiary/aromatic N) is 3. The summed E-state index contributed by atoms with van der Waals surface area (Å²) in [5.41, 5.74) is 10.1. The molecule has 0 bridgehead atoms. The third-order valence-corrected chi connectivity index (χ3v) is 5.56. The molecule has 0 aliphatic carbocycles. The van der Waals surface area contributed by atoms with Gasteiger partial charge in [0.05, 0.1) is 46.8 Å². The first-order chi connectivity index (χ1) is 17.8. The van der Waals surface area contributed by atoms with E-state index in [0.717, 1.165) is 12.3 Å². The topological polar surface area (TPSA) is 110 Å². The molecule has 1 unspecified atom stereocenters. The van der Waals surface area contributed by atoms with Crippen molar-refractivity contribution < 1.29 is 14.5 Å². The van der Waals surface area contributed by atoms with Crippen molar-refractivity contribution in [2.75, 3.05) is 10.6 Å². The van der Waals surface area contributed by atoms with E-state index in [1.165, 1.54) is 36.7 Å². The minimum atomic E-state index is -1.64. The van der Waals surface area contributed by atoms with Gasteiger partial charge in [-0.2, -0.15) is 15.2 Å². The van der Waals surface area contributed by atoms with Gasteiger partial charge < -0.3 is 21.5 Å². The maximum Gasteiger partial charge on any atom is 0.249 e. The van der Waals surface area contributed by atoms with Crippen molar-refractivity contribution in [3.8, 4) is 6.07 Å². The Labute approximate surface area is 209 Å². The van der Waals surface area contributed by atoms with Crippen LogP contribution in [0, 0.1) is 28.9 Å². The van der Waals surface area contributed by atoms with E-state index in [2.05, 4.69) is 37.0 Å². The number of hydrazine groups is 2. The Morgan fingerprint density at radius 2 is 1.86 bits per heavy atom. The van der Waals surface area contributed by atoms with E-state index in [-0.39, 0.29) is 22.0 Å². The first kappa shape index (κ1) is 22.0. The average Bonchev–Trinajstić information content (AvgIpc) is 3.43. The van der Waals surface area contributed by atoms with Gasteiger partial charge in [-0.3, -0.25) is 4.98 Å². The Morgan fingerprint density at radius 1 is 1.06 bits per heavy atom. The second-order valence-corrected chi connectivity index (χ2v) is 8.00. The highest BCUT2D eigenvalue weighted by atomic mass is 35.5. The van der Waals surface area contributed by atoms with Crippen molar-refractivity contribution in [3.05, 3.63) is 100 Å². The highest BCUT2D eigenvalue weighted by Crippen LogP contribution is 2.36. The Balaban J connectivity index is 1.63. The smallest absolute Gasteiger partial charge is 0.249 e. The predicted molar refractivity (Wildman–Crippen MR) is 129 cm³/mol. The molecule has 8 nitrogen and oxygen atoms in total. The van der Waals surface area contributed by atoms with E-state index >= 15 is 0 Å². The molecule has 36 heavy (non-hydrogen) atoms. The number of halogens is 4. The zero-order valence-corrected chi connectivity index (χ0v) is 18.9. The van der Waals surface area contributed by atoms with Crippen molar-refractivity contribution in [1.29, 1.82) is 5.26 Å². The maximum atomic E-state index is 13.8. The SMILES string of the molecule is [2H]C(Nc1cc(Cl)c2ncc(C#N)c(Nc3cnc(F)c(F)c3)c2c1)(C1=CNNN1)c1ccc(F)cc1. The summed E-state index contributed by atoms with van der Waals surface area (Å²) >= 11 is 6.53. The van der Waals surface area contributed by atoms with E-state index in [0.29, 0.717) is 27.9 Å². The lowest BCUT2D eigenvalue weighted by Crippen LogP contribution is -2.33. The molecule has 3 heterocycles. The fourth-order valence-electron chi connectivity index (χ4n) is 3.62. The standard InChI is InChI=1S/C24H16ClF3N8/c25-18-6-15(33-22(20-11-32-36-35-20)12-1-3-14(26)4-2-12)5-17-21(13(8-29)9-30-23(17)18)34-16-7-19(27)24(28)31-10-16/h1-7,9-11,22,32-33,35-36H,(H,30,34)/i22D. The minimum absolute atomic E-state index is 0.0935. The van der Waals surface area contributed by atoms with Gasteiger partial charge in [-0.15, -0.1) is 0 Å². The molecule has 0 saturated heterocycles. The fraction of sp³-hybridized carbons (Fsp3) is 0.0417. The van der Waals surface area contributed by atoms with Crippen molar-refractivity contribution in [2.24, 2.45) is 0 Å². The molecule has 1 aliphatic rings. The lowest BCUT2D eigenvalue weighted by atomic mass is 10.0. The first-order valence-electron chi connectivity index (χ1n) is 10.9. The van der Waals surface area contributed by atoms with Gasteiger partial charge in [0.25, 0.3) is 0 Å². The highest BCUT2D eigenvalue weighted by molar-refractivity contribution is 6.36. The van der Waals surface area contributed by atoms with Crippen LogP contribution in [0.25, 0.3) is 10.9 Å². The number of anilines is 3. The van der Waals surface area contributed by atoms with Gasteiger partial charge in [0.2, 0.25) is 5.95 Å². The van der Waals surface area contributed by atoms with Crippen LogP contribution in [0.4, 0.5) is 30.2 Å². The summed E-state index contributed by atoms with van der Waals surface area (Å²) in [5.74, 6) is -2.88. The fourth-order valence-corrected chi connectivity index (χ4v) is 3.89. The van der Waals surface area contributed by atoms with Gasteiger partial charge >= 0.3 is 0 Å². The summed E-state index contributed by atoms with van der Waals surface area (Å²) in [6.07, 6.45) is 3.91. The average molecular weight is 510 g/mol. The number of fused-ring (bicyclic) bond motifs is 1. The van der Waals surface area contributed by atoms with Crippen LogP contribution in [0.15, 0.2) is 66.8 Å². The molecule has 0 spiro atoms. The van der Waals surface area contributed by atoms with Gasteiger partial charge in [0.15, 0.2) is 5.82 Å². The summed E-state index contributed by atoms with van der Waals surface area (Å²) in [6, 6.07) is 9.85. The molecule has 5 rings (SSSR count). The molecule has 180 valence electrons. The lowest BCUT2D eigenvalue weighted by Gasteiger charge is -2.22. The van der Waals surface area contributed by atoms with E-state index in [4.69, 9.17) is 11.6 Å². The largest absolute Gasteiger partial charge is 0.373 e. The Bertz CT molecular complexity index is 1590. The van der Waals surface area contributed by atoms with Crippen molar-refractivity contribution in [1.82, 2.24) is 26.4 Å². The number of hydrogen-bond acceptors (Lipinski definition) is 8. The summed E-state index contributed by atoms with van der Waals surface area (Å²) in [4.78, 5) is 7.62. The molecule has 1 aliphatic heterocycles. The van der Waals surface area contributed by atoms with Gasteiger partial charge in [0, 0.05) is 29.5 Å². The van der Waals surface area contributed by atoms with Gasteiger partial charge in [-0.1, -0.05) is 23.7 Å². The van der Waals surface area contributed by atoms with Gasteiger partial charge in [-0.05, 0) is 29.8 Å². The second-order valence-electron chi connectivity index (χ2n) is 7.59. The quantitative estimate of drug-likeness (QED) is 0.233. The lowest BCUT2D eigenvalue weighted by molar-refractivity contribution is 0.480. The number of benzene rings is 2. The van der Waals surface area contributed by atoms with Crippen molar-refractivity contribution >= 4 is 39.6 Å². The molecule has 0 amide bonds. The van der Waals surface area contributed by atoms with Crippen LogP contribution >= 0.6 is 11.6 Å². The Hall–Kier alpha value is -4.53. The number of rotatable bonds is 6. The van der Waals surface area contributed by atoms with Crippen molar-refractivity contribution in [3.63, 3.8) is 0 Å². The third kappa shape index (κ3) is 4.55. The molecule has 4 aromatic rings. The molecule has 12 heteroatoms. The van der Waals surface area contributed by atoms with Crippen LogP contribution in [0.2, 0.25) is 5.02 Å². The first-order valence-corrected chi connectivity index (χ1v) is 10.8. The zero-order valence-electron chi connectivity index (χ0n) is 19.1.